The van der Waals surface area contributed by atoms with Gasteiger partial charge in [0.1, 0.15) is 11.6 Å². The van der Waals surface area contributed by atoms with E-state index in [0.717, 1.165) is 68.3 Å². The maximum Gasteiger partial charge on any atom is 0.219 e. The second kappa shape index (κ2) is 8.22. The van der Waals surface area contributed by atoms with Gasteiger partial charge in [-0.15, -0.1) is 0 Å². The lowest BCUT2D eigenvalue weighted by atomic mass is 9.96. The molecule has 1 atom stereocenters. The van der Waals surface area contributed by atoms with Gasteiger partial charge in [0.25, 0.3) is 0 Å². The topological polar surface area (TPSA) is 74.2 Å². The van der Waals surface area contributed by atoms with Gasteiger partial charge in [0.2, 0.25) is 5.91 Å². The minimum atomic E-state index is 0.119. The molecule has 4 rings (SSSR count). The molecule has 2 aromatic heterocycles. The Morgan fingerprint density at radius 1 is 1.32 bits per heavy atom. The molecule has 2 aliphatic heterocycles. The summed E-state index contributed by atoms with van der Waals surface area (Å²) < 4.78 is 0. The number of rotatable bonds is 4. The highest BCUT2D eigenvalue weighted by Crippen LogP contribution is 2.28. The molecule has 2 aliphatic rings. The van der Waals surface area contributed by atoms with Gasteiger partial charge in [-0.25, -0.2) is 15.0 Å². The maximum atomic E-state index is 11.6. The van der Waals surface area contributed by atoms with Crippen molar-refractivity contribution < 1.29 is 4.79 Å². The predicted molar refractivity (Wildman–Crippen MR) is 108 cm³/mol. The van der Waals surface area contributed by atoms with E-state index in [1.165, 1.54) is 5.56 Å². The van der Waals surface area contributed by atoms with Crippen LogP contribution in [0.1, 0.15) is 48.3 Å². The normalized spacial score (nSPS) is 19.9. The number of fused-ring (bicyclic) bond motifs is 1. The summed E-state index contributed by atoms with van der Waals surface area (Å²) in [6, 6.07) is 4.13. The van der Waals surface area contributed by atoms with Gasteiger partial charge < -0.3 is 10.2 Å². The fraction of sp³-hybridized carbons (Fsp3) is 0.524. The summed E-state index contributed by atoms with van der Waals surface area (Å²) in [4.78, 5) is 30.0. The van der Waals surface area contributed by atoms with Gasteiger partial charge in [-0.3, -0.25) is 9.69 Å². The third-order valence-corrected chi connectivity index (χ3v) is 5.79. The second-order valence-corrected chi connectivity index (χ2v) is 7.73. The number of carbonyl (C=O) groups excluding carboxylic acids is 1. The van der Waals surface area contributed by atoms with E-state index in [-0.39, 0.29) is 5.91 Å². The Balaban J connectivity index is 1.46. The summed E-state index contributed by atoms with van der Waals surface area (Å²) in [5, 5.41) is 3.18. The van der Waals surface area contributed by atoms with E-state index in [2.05, 4.69) is 26.3 Å². The Kier molecular flexibility index (Phi) is 5.52. The Labute approximate surface area is 166 Å². The summed E-state index contributed by atoms with van der Waals surface area (Å²) in [5.74, 6) is 2.39. The number of likely N-dealkylation sites (tertiary alicyclic amines) is 1. The molecule has 1 amide bonds. The van der Waals surface area contributed by atoms with E-state index in [4.69, 9.17) is 4.98 Å². The van der Waals surface area contributed by atoms with Crippen LogP contribution in [0.15, 0.2) is 24.5 Å². The lowest BCUT2D eigenvalue weighted by molar-refractivity contribution is -0.129. The van der Waals surface area contributed by atoms with Crippen molar-refractivity contribution in [2.24, 2.45) is 0 Å². The van der Waals surface area contributed by atoms with Crippen LogP contribution in [0, 0.1) is 0 Å². The molecule has 0 saturated carbocycles. The Hall–Kier alpha value is -2.54. The minimum Gasteiger partial charge on any atom is -0.373 e. The number of hydrogen-bond donors (Lipinski definition) is 1. The molecule has 28 heavy (non-hydrogen) atoms. The summed E-state index contributed by atoms with van der Waals surface area (Å²) >= 11 is 0. The van der Waals surface area contributed by atoms with Gasteiger partial charge in [-0.05, 0) is 25.5 Å². The van der Waals surface area contributed by atoms with Gasteiger partial charge in [-0.2, -0.15) is 0 Å². The molecule has 0 spiro atoms. The van der Waals surface area contributed by atoms with Crippen molar-refractivity contribution in [1.29, 1.82) is 0 Å². The average molecular weight is 380 g/mol. The molecular formula is C21H28N6O. The standard InChI is InChI=1S/C21H28N6O/c1-15(28)27-10-7-19-18(14-27)11-24-21(25-19)17-6-4-9-26(13-17)12-16-5-3-8-23-20(16)22-2/h3,5,8,11,17H,4,6-7,9-10,12-14H2,1-2H3,(H,22,23)/t17-/m1/s1. The van der Waals surface area contributed by atoms with Crippen molar-refractivity contribution in [2.45, 2.75) is 45.2 Å². The van der Waals surface area contributed by atoms with Crippen LogP contribution in [-0.4, -0.2) is 57.3 Å². The molecule has 148 valence electrons. The number of piperidine rings is 1. The van der Waals surface area contributed by atoms with Crippen molar-refractivity contribution in [3.8, 4) is 0 Å². The van der Waals surface area contributed by atoms with Crippen LogP contribution in [0.2, 0.25) is 0 Å². The highest BCUT2D eigenvalue weighted by molar-refractivity contribution is 5.73. The van der Waals surface area contributed by atoms with Gasteiger partial charge >= 0.3 is 0 Å². The maximum absolute atomic E-state index is 11.6. The second-order valence-electron chi connectivity index (χ2n) is 7.73. The Morgan fingerprint density at radius 3 is 3.04 bits per heavy atom. The van der Waals surface area contributed by atoms with Crippen LogP contribution >= 0.6 is 0 Å². The van der Waals surface area contributed by atoms with Crippen molar-refractivity contribution in [3.05, 3.63) is 47.2 Å². The fourth-order valence-electron chi connectivity index (χ4n) is 4.24. The molecule has 0 bridgehead atoms. The minimum absolute atomic E-state index is 0.119. The summed E-state index contributed by atoms with van der Waals surface area (Å²) in [5.41, 5.74) is 3.43. The third-order valence-electron chi connectivity index (χ3n) is 5.79. The summed E-state index contributed by atoms with van der Waals surface area (Å²) in [6.45, 7) is 5.96. The van der Waals surface area contributed by atoms with Crippen LogP contribution in [0.3, 0.4) is 0 Å². The van der Waals surface area contributed by atoms with Crippen LogP contribution in [0.4, 0.5) is 5.82 Å². The third kappa shape index (κ3) is 3.99. The molecule has 0 aliphatic carbocycles. The Bertz CT molecular complexity index is 855. The molecule has 1 saturated heterocycles. The molecule has 7 nitrogen and oxygen atoms in total. The smallest absolute Gasteiger partial charge is 0.219 e. The molecular weight excluding hydrogens is 352 g/mol. The number of pyridine rings is 1. The number of amides is 1. The number of nitrogens with zero attached hydrogens (tertiary/aromatic N) is 5. The first-order chi connectivity index (χ1) is 13.6. The van der Waals surface area contributed by atoms with E-state index >= 15 is 0 Å². The van der Waals surface area contributed by atoms with Gasteiger partial charge in [0.15, 0.2) is 0 Å². The lowest BCUT2D eigenvalue weighted by Crippen LogP contribution is -2.36. The monoisotopic (exact) mass is 380 g/mol. The highest BCUT2D eigenvalue weighted by atomic mass is 16.2. The van der Waals surface area contributed by atoms with E-state index < -0.39 is 0 Å². The zero-order valence-electron chi connectivity index (χ0n) is 16.7. The molecule has 1 N–H and O–H groups in total. The van der Waals surface area contributed by atoms with Gasteiger partial charge in [0.05, 0.1) is 5.69 Å². The first kappa shape index (κ1) is 18.8. The molecule has 4 heterocycles. The average Bonchev–Trinajstić information content (AvgIpc) is 2.73. The zero-order chi connectivity index (χ0) is 19.5. The van der Waals surface area contributed by atoms with E-state index in [0.29, 0.717) is 12.5 Å². The predicted octanol–water partition coefficient (Wildman–Crippen LogP) is 2.20. The number of hydrogen-bond acceptors (Lipinski definition) is 6. The molecule has 1 fully saturated rings. The van der Waals surface area contributed by atoms with Crippen molar-refractivity contribution >= 4 is 11.7 Å². The first-order valence-electron chi connectivity index (χ1n) is 10.1. The van der Waals surface area contributed by atoms with Crippen LogP contribution in [0.5, 0.6) is 0 Å². The molecule has 7 heteroatoms. The number of aromatic nitrogens is 3. The van der Waals surface area contributed by atoms with Crippen molar-refractivity contribution in [3.63, 3.8) is 0 Å². The SMILES string of the molecule is CNc1ncccc1CN1CCC[C@@H](c2ncc3c(n2)CCN(C(C)=O)C3)C1. The number of carbonyl (C=O) groups is 1. The van der Waals surface area contributed by atoms with Crippen molar-refractivity contribution in [2.75, 3.05) is 32.0 Å². The van der Waals surface area contributed by atoms with E-state index in [1.807, 2.05) is 30.4 Å². The molecule has 0 unspecified atom stereocenters. The van der Waals surface area contributed by atoms with Crippen LogP contribution in [-0.2, 0) is 24.3 Å². The van der Waals surface area contributed by atoms with Crippen LogP contribution in [0.25, 0.3) is 0 Å². The fourth-order valence-corrected chi connectivity index (χ4v) is 4.24. The number of nitrogens with one attached hydrogen (secondary N) is 1. The molecule has 0 radical (unpaired) electrons. The van der Waals surface area contributed by atoms with Crippen LogP contribution < -0.4 is 5.32 Å². The molecule has 2 aromatic rings. The first-order valence-corrected chi connectivity index (χ1v) is 10.1. The van der Waals surface area contributed by atoms with Crippen molar-refractivity contribution in [1.82, 2.24) is 24.8 Å². The largest absolute Gasteiger partial charge is 0.373 e. The summed E-state index contributed by atoms with van der Waals surface area (Å²) in [7, 11) is 1.92. The summed E-state index contributed by atoms with van der Waals surface area (Å²) in [6.07, 6.45) is 6.86. The molecule has 0 aromatic carbocycles. The quantitative estimate of drug-likeness (QED) is 0.877. The van der Waals surface area contributed by atoms with Gasteiger partial charge in [0, 0.05) is 76.0 Å². The number of anilines is 1. The zero-order valence-corrected chi connectivity index (χ0v) is 16.7. The lowest BCUT2D eigenvalue weighted by Gasteiger charge is -2.33. The van der Waals surface area contributed by atoms with E-state index in [1.54, 1.807) is 6.92 Å². The van der Waals surface area contributed by atoms with Gasteiger partial charge in [-0.1, -0.05) is 6.07 Å². The Morgan fingerprint density at radius 2 is 2.21 bits per heavy atom. The highest BCUT2D eigenvalue weighted by Gasteiger charge is 2.26. The van der Waals surface area contributed by atoms with E-state index in [9.17, 15) is 4.79 Å².